The van der Waals surface area contributed by atoms with Gasteiger partial charge < -0.3 is 10.5 Å². The summed E-state index contributed by atoms with van der Waals surface area (Å²) in [5.74, 6) is 0.542. The minimum Gasteiger partial charge on any atom is -0.492 e. The molecule has 2 rings (SSSR count). The van der Waals surface area contributed by atoms with Gasteiger partial charge in [0.1, 0.15) is 12.4 Å². The van der Waals surface area contributed by atoms with Gasteiger partial charge in [-0.3, -0.25) is 0 Å². The molecule has 3 N–H and O–H groups in total. The van der Waals surface area contributed by atoms with Crippen molar-refractivity contribution < 1.29 is 13.2 Å². The summed E-state index contributed by atoms with van der Waals surface area (Å²) >= 11 is 0. The van der Waals surface area contributed by atoms with Crippen molar-refractivity contribution in [2.45, 2.75) is 25.3 Å². The maximum absolute atomic E-state index is 11.7. The lowest BCUT2D eigenvalue weighted by molar-refractivity contribution is 0.340. The van der Waals surface area contributed by atoms with Gasteiger partial charge in [-0.2, -0.15) is 0 Å². The summed E-state index contributed by atoms with van der Waals surface area (Å²) in [7, 11) is -3.26. The van der Waals surface area contributed by atoms with Gasteiger partial charge in [-0.25, -0.2) is 13.1 Å². The number of sulfonamides is 1. The van der Waals surface area contributed by atoms with Crippen LogP contribution in [0.1, 0.15) is 19.8 Å². The van der Waals surface area contributed by atoms with E-state index in [1.165, 1.54) is 0 Å². The minimum atomic E-state index is -3.26. The van der Waals surface area contributed by atoms with Crippen molar-refractivity contribution in [3.05, 3.63) is 24.3 Å². The van der Waals surface area contributed by atoms with Gasteiger partial charge in [0.15, 0.2) is 0 Å². The number of nitrogen functional groups attached to an aromatic ring is 1. The van der Waals surface area contributed by atoms with Crippen LogP contribution in [-0.2, 0) is 10.0 Å². The Morgan fingerprint density at radius 2 is 2.17 bits per heavy atom. The molecule has 0 bridgehead atoms. The monoisotopic (exact) mass is 270 g/mol. The van der Waals surface area contributed by atoms with Crippen LogP contribution in [0.4, 0.5) is 5.69 Å². The first-order valence-electron chi connectivity index (χ1n) is 5.89. The number of hydrogen-bond donors (Lipinski definition) is 2. The van der Waals surface area contributed by atoms with Crippen LogP contribution in [0.15, 0.2) is 24.3 Å². The zero-order valence-corrected chi connectivity index (χ0v) is 11.2. The molecule has 5 nitrogen and oxygen atoms in total. The van der Waals surface area contributed by atoms with E-state index in [1.807, 2.05) is 6.92 Å². The predicted octanol–water partition coefficient (Wildman–Crippen LogP) is 1.12. The first-order valence-corrected chi connectivity index (χ1v) is 7.54. The van der Waals surface area contributed by atoms with Crippen molar-refractivity contribution in [1.82, 2.24) is 4.72 Å². The highest BCUT2D eigenvalue weighted by Crippen LogP contribution is 2.34. The SMILES string of the molecule is CC1(NS(=O)(=O)CCOc2cccc(N)c2)CC1. The van der Waals surface area contributed by atoms with Crippen molar-refractivity contribution in [3.8, 4) is 5.75 Å². The van der Waals surface area contributed by atoms with Gasteiger partial charge in [0.2, 0.25) is 10.0 Å². The number of nitrogens with one attached hydrogen (secondary N) is 1. The topological polar surface area (TPSA) is 81.4 Å². The average Bonchev–Trinajstić information content (AvgIpc) is 2.94. The number of anilines is 1. The Balaban J connectivity index is 1.81. The molecule has 1 aromatic carbocycles. The molecule has 0 radical (unpaired) electrons. The van der Waals surface area contributed by atoms with E-state index in [9.17, 15) is 8.42 Å². The van der Waals surface area contributed by atoms with Crippen LogP contribution in [0.2, 0.25) is 0 Å². The molecule has 1 saturated carbocycles. The molecule has 0 spiro atoms. The molecule has 0 saturated heterocycles. The number of benzene rings is 1. The lowest BCUT2D eigenvalue weighted by Crippen LogP contribution is -2.37. The molecule has 1 fully saturated rings. The van der Waals surface area contributed by atoms with E-state index in [-0.39, 0.29) is 17.9 Å². The molecule has 1 aliphatic rings. The van der Waals surface area contributed by atoms with E-state index >= 15 is 0 Å². The zero-order valence-electron chi connectivity index (χ0n) is 10.3. The summed E-state index contributed by atoms with van der Waals surface area (Å²) in [5, 5.41) is 0. The van der Waals surface area contributed by atoms with Crippen LogP contribution in [0.5, 0.6) is 5.75 Å². The zero-order chi connectivity index (χ0) is 13.2. The summed E-state index contributed by atoms with van der Waals surface area (Å²) < 4.78 is 31.5. The fourth-order valence-corrected chi connectivity index (χ4v) is 2.95. The van der Waals surface area contributed by atoms with E-state index in [2.05, 4.69) is 4.72 Å². The molecule has 6 heteroatoms. The van der Waals surface area contributed by atoms with Gasteiger partial charge in [-0.1, -0.05) is 6.07 Å². The van der Waals surface area contributed by atoms with Gasteiger partial charge in [-0.15, -0.1) is 0 Å². The van der Waals surface area contributed by atoms with Crippen LogP contribution in [0.3, 0.4) is 0 Å². The standard InChI is InChI=1S/C12H18N2O3S/c1-12(5-6-12)14-18(15,16)8-7-17-11-4-2-3-10(13)9-11/h2-4,9,14H,5-8,13H2,1H3. The second-order valence-corrected chi connectivity index (χ2v) is 6.74. The Hall–Kier alpha value is -1.27. The minimum absolute atomic E-state index is 0.0443. The van der Waals surface area contributed by atoms with Crippen molar-refractivity contribution in [2.75, 3.05) is 18.1 Å². The third-order valence-corrected chi connectivity index (χ3v) is 4.39. The third-order valence-electron chi connectivity index (χ3n) is 2.88. The van der Waals surface area contributed by atoms with Crippen LogP contribution < -0.4 is 15.2 Å². The summed E-state index contributed by atoms with van der Waals surface area (Å²) in [6, 6.07) is 6.93. The lowest BCUT2D eigenvalue weighted by Gasteiger charge is -2.12. The molecule has 100 valence electrons. The molecule has 0 atom stereocenters. The predicted molar refractivity (Wildman–Crippen MR) is 70.9 cm³/mol. The van der Waals surface area contributed by atoms with Gasteiger partial charge in [0.05, 0.1) is 5.75 Å². The van der Waals surface area contributed by atoms with E-state index in [0.29, 0.717) is 11.4 Å². The second-order valence-electron chi connectivity index (χ2n) is 4.90. The number of ether oxygens (including phenoxy) is 1. The first kappa shape index (κ1) is 13.2. The number of hydrogen-bond acceptors (Lipinski definition) is 4. The van der Waals surface area contributed by atoms with Crippen LogP contribution in [-0.4, -0.2) is 26.3 Å². The smallest absolute Gasteiger partial charge is 0.215 e. The Labute approximate surface area is 107 Å². The Kier molecular flexibility index (Phi) is 3.49. The quantitative estimate of drug-likeness (QED) is 0.759. The first-order chi connectivity index (χ1) is 8.39. The van der Waals surface area contributed by atoms with Crippen LogP contribution in [0.25, 0.3) is 0 Å². The Bertz CT molecular complexity index is 524. The van der Waals surface area contributed by atoms with Crippen LogP contribution >= 0.6 is 0 Å². The number of nitrogens with two attached hydrogens (primary N) is 1. The molecular formula is C12H18N2O3S. The normalized spacial score (nSPS) is 17.4. The van der Waals surface area contributed by atoms with Crippen molar-refractivity contribution >= 4 is 15.7 Å². The molecule has 0 heterocycles. The molecule has 0 amide bonds. The fraction of sp³-hybridized carbons (Fsp3) is 0.500. The molecule has 1 aromatic rings. The Morgan fingerprint density at radius 3 is 2.78 bits per heavy atom. The summed E-state index contributed by atoms with van der Waals surface area (Å²) in [4.78, 5) is 0. The lowest BCUT2D eigenvalue weighted by atomic mass is 10.3. The van der Waals surface area contributed by atoms with E-state index in [1.54, 1.807) is 24.3 Å². The highest BCUT2D eigenvalue weighted by Gasteiger charge is 2.40. The van der Waals surface area contributed by atoms with Crippen molar-refractivity contribution in [1.29, 1.82) is 0 Å². The molecule has 18 heavy (non-hydrogen) atoms. The fourth-order valence-electron chi connectivity index (χ4n) is 1.59. The summed E-state index contributed by atoms with van der Waals surface area (Å²) in [5.41, 5.74) is 5.97. The second kappa shape index (κ2) is 4.78. The third kappa shape index (κ3) is 3.89. The van der Waals surface area contributed by atoms with Crippen LogP contribution in [0, 0.1) is 0 Å². The van der Waals surface area contributed by atoms with Crippen molar-refractivity contribution in [3.63, 3.8) is 0 Å². The molecular weight excluding hydrogens is 252 g/mol. The average molecular weight is 270 g/mol. The maximum Gasteiger partial charge on any atom is 0.215 e. The van der Waals surface area contributed by atoms with Gasteiger partial charge in [0.25, 0.3) is 0 Å². The number of rotatable bonds is 6. The van der Waals surface area contributed by atoms with E-state index < -0.39 is 10.0 Å². The summed E-state index contributed by atoms with van der Waals surface area (Å²) in [6.07, 6.45) is 1.81. The van der Waals surface area contributed by atoms with Gasteiger partial charge in [-0.05, 0) is 31.9 Å². The summed E-state index contributed by atoms with van der Waals surface area (Å²) in [6.45, 7) is 2.03. The van der Waals surface area contributed by atoms with Crippen molar-refractivity contribution in [2.24, 2.45) is 0 Å². The maximum atomic E-state index is 11.7. The Morgan fingerprint density at radius 1 is 1.44 bits per heavy atom. The molecule has 0 unspecified atom stereocenters. The van der Waals surface area contributed by atoms with E-state index in [0.717, 1.165) is 12.8 Å². The van der Waals surface area contributed by atoms with E-state index in [4.69, 9.17) is 10.5 Å². The van der Waals surface area contributed by atoms with Gasteiger partial charge in [0, 0.05) is 17.3 Å². The largest absolute Gasteiger partial charge is 0.492 e. The highest BCUT2D eigenvalue weighted by atomic mass is 32.2. The molecule has 0 aromatic heterocycles. The highest BCUT2D eigenvalue weighted by molar-refractivity contribution is 7.89. The molecule has 0 aliphatic heterocycles. The van der Waals surface area contributed by atoms with Gasteiger partial charge >= 0.3 is 0 Å². The molecule has 1 aliphatic carbocycles.